The Morgan fingerprint density at radius 2 is 1.64 bits per heavy atom. The molecule has 11 heavy (non-hydrogen) atoms. The summed E-state index contributed by atoms with van der Waals surface area (Å²) in [5.41, 5.74) is 11.1. The molecular weight excluding hydrogens is 183 g/mol. The fourth-order valence-corrected chi connectivity index (χ4v) is 0.687. The minimum atomic E-state index is 0. The largest absolute Gasteiger partial charge is 0.330 e. The van der Waals surface area contributed by atoms with Crippen molar-refractivity contribution in [3.63, 3.8) is 0 Å². The molecule has 0 radical (unpaired) electrons. The monoisotopic (exact) mass is 202 g/mol. The summed E-state index contributed by atoms with van der Waals surface area (Å²) in [7, 11) is 0. The molecule has 72 valence electrons. The molecule has 0 aromatic rings. The van der Waals surface area contributed by atoms with Crippen LogP contribution in [-0.2, 0) is 0 Å². The van der Waals surface area contributed by atoms with Crippen molar-refractivity contribution in [3.8, 4) is 0 Å². The van der Waals surface area contributed by atoms with E-state index in [1.165, 1.54) is 0 Å². The molecule has 0 amide bonds. The smallest absolute Gasteiger partial charge is 0.00623 e. The van der Waals surface area contributed by atoms with Crippen LogP contribution in [0.25, 0.3) is 0 Å². The Morgan fingerprint density at radius 1 is 1.18 bits per heavy atom. The zero-order chi connectivity index (χ0) is 7.28. The van der Waals surface area contributed by atoms with Crippen LogP contribution in [0.5, 0.6) is 0 Å². The van der Waals surface area contributed by atoms with Gasteiger partial charge < -0.3 is 11.5 Å². The van der Waals surface area contributed by atoms with Crippen molar-refractivity contribution in [1.29, 1.82) is 0 Å². The summed E-state index contributed by atoms with van der Waals surface area (Å²) in [4.78, 5) is 0. The van der Waals surface area contributed by atoms with Crippen LogP contribution >= 0.6 is 24.8 Å². The summed E-state index contributed by atoms with van der Waals surface area (Å²) in [6.07, 6.45) is 2.12. The molecule has 0 saturated heterocycles. The summed E-state index contributed by atoms with van der Waals surface area (Å²) < 4.78 is 0. The van der Waals surface area contributed by atoms with Gasteiger partial charge in [0.2, 0.25) is 0 Å². The van der Waals surface area contributed by atoms with E-state index >= 15 is 0 Å². The van der Waals surface area contributed by atoms with E-state index in [1.807, 2.05) is 0 Å². The van der Waals surface area contributed by atoms with E-state index in [4.69, 9.17) is 11.5 Å². The number of halogens is 2. The average molecular weight is 203 g/mol. The third kappa shape index (κ3) is 10.5. The van der Waals surface area contributed by atoms with Crippen LogP contribution in [0.4, 0.5) is 0 Å². The van der Waals surface area contributed by atoms with Crippen molar-refractivity contribution in [1.82, 2.24) is 0 Å². The lowest BCUT2D eigenvalue weighted by Gasteiger charge is -2.13. The van der Waals surface area contributed by atoms with Crippen LogP contribution in [0, 0.1) is 5.92 Å². The van der Waals surface area contributed by atoms with Gasteiger partial charge >= 0.3 is 0 Å². The van der Waals surface area contributed by atoms with Gasteiger partial charge in [-0.1, -0.05) is 13.8 Å². The molecule has 2 nitrogen and oxygen atoms in total. The number of hydrogen-bond acceptors (Lipinski definition) is 2. The Bertz CT molecular complexity index is 69.5. The highest BCUT2D eigenvalue weighted by molar-refractivity contribution is 5.85. The molecule has 0 bridgehead atoms. The number of rotatable bonds is 4. The molecule has 0 saturated carbocycles. The van der Waals surface area contributed by atoms with Gasteiger partial charge in [-0.25, -0.2) is 0 Å². The van der Waals surface area contributed by atoms with Crippen molar-refractivity contribution in [2.75, 3.05) is 6.54 Å². The minimum Gasteiger partial charge on any atom is -0.330 e. The molecule has 0 aliphatic rings. The molecule has 0 spiro atoms. The highest BCUT2D eigenvalue weighted by Crippen LogP contribution is 2.03. The van der Waals surface area contributed by atoms with Gasteiger partial charge in [0.15, 0.2) is 0 Å². The van der Waals surface area contributed by atoms with Crippen LogP contribution < -0.4 is 11.5 Å². The zero-order valence-corrected chi connectivity index (χ0v) is 8.88. The quantitative estimate of drug-likeness (QED) is 0.728. The van der Waals surface area contributed by atoms with Crippen molar-refractivity contribution >= 4 is 24.8 Å². The first-order chi connectivity index (χ1) is 4.18. The maximum Gasteiger partial charge on any atom is 0.00623 e. The van der Waals surface area contributed by atoms with Crippen molar-refractivity contribution in [2.45, 2.75) is 32.7 Å². The van der Waals surface area contributed by atoms with E-state index in [2.05, 4.69) is 13.8 Å². The van der Waals surface area contributed by atoms with E-state index in [0.717, 1.165) is 19.4 Å². The normalized spacial score (nSPS) is 11.7. The second-order valence-corrected chi connectivity index (χ2v) is 2.84. The Morgan fingerprint density at radius 3 is 1.91 bits per heavy atom. The van der Waals surface area contributed by atoms with Crippen LogP contribution in [-0.4, -0.2) is 12.6 Å². The van der Waals surface area contributed by atoms with Gasteiger partial charge in [-0.2, -0.15) is 0 Å². The molecule has 0 aromatic carbocycles. The van der Waals surface area contributed by atoms with Gasteiger partial charge in [0.05, 0.1) is 0 Å². The molecular formula is C7H20Cl2N2. The maximum atomic E-state index is 5.75. The predicted molar refractivity (Wildman–Crippen MR) is 55.6 cm³/mol. The molecule has 0 aliphatic carbocycles. The third-order valence-electron chi connectivity index (χ3n) is 1.60. The van der Waals surface area contributed by atoms with Crippen LogP contribution in [0.15, 0.2) is 0 Å². The van der Waals surface area contributed by atoms with Gasteiger partial charge in [-0.3, -0.25) is 0 Å². The first-order valence-corrected chi connectivity index (χ1v) is 3.64. The van der Waals surface area contributed by atoms with Gasteiger partial charge in [0, 0.05) is 6.04 Å². The second-order valence-electron chi connectivity index (χ2n) is 2.84. The highest BCUT2D eigenvalue weighted by atomic mass is 35.5. The van der Waals surface area contributed by atoms with E-state index in [0.29, 0.717) is 12.0 Å². The molecule has 1 unspecified atom stereocenters. The molecule has 0 fully saturated rings. The summed E-state index contributed by atoms with van der Waals surface area (Å²) in [5.74, 6) is 0.594. The maximum absolute atomic E-state index is 5.75. The molecule has 4 N–H and O–H groups in total. The molecule has 0 rings (SSSR count). The summed E-state index contributed by atoms with van der Waals surface area (Å²) >= 11 is 0. The third-order valence-corrected chi connectivity index (χ3v) is 1.60. The van der Waals surface area contributed by atoms with Crippen LogP contribution in [0.2, 0.25) is 0 Å². The van der Waals surface area contributed by atoms with Gasteiger partial charge in [-0.05, 0) is 25.3 Å². The average Bonchev–Trinajstić information content (AvgIpc) is 1.82. The van der Waals surface area contributed by atoms with Gasteiger partial charge in [0.1, 0.15) is 0 Å². The second kappa shape index (κ2) is 10.5. The Kier molecular flexibility index (Phi) is 16.8. The SMILES string of the molecule is CC(C)C(N)CCCN.Cl.Cl. The fourth-order valence-electron chi connectivity index (χ4n) is 0.687. The Hall–Kier alpha value is 0.500. The topological polar surface area (TPSA) is 52.0 Å². The lowest BCUT2D eigenvalue weighted by atomic mass is 10.0. The van der Waals surface area contributed by atoms with E-state index in [1.54, 1.807) is 0 Å². The summed E-state index contributed by atoms with van der Waals surface area (Å²) in [6.45, 7) is 5.04. The van der Waals surface area contributed by atoms with Gasteiger partial charge in [0.25, 0.3) is 0 Å². The van der Waals surface area contributed by atoms with E-state index in [9.17, 15) is 0 Å². The molecule has 4 heteroatoms. The molecule has 1 atom stereocenters. The number of hydrogen-bond donors (Lipinski definition) is 2. The Balaban J connectivity index is -0.000000320. The number of nitrogens with two attached hydrogens (primary N) is 2. The van der Waals surface area contributed by atoms with E-state index in [-0.39, 0.29) is 24.8 Å². The molecule has 0 aliphatic heterocycles. The zero-order valence-electron chi connectivity index (χ0n) is 7.25. The highest BCUT2D eigenvalue weighted by Gasteiger charge is 2.04. The van der Waals surface area contributed by atoms with Crippen LogP contribution in [0.3, 0.4) is 0 Å². The van der Waals surface area contributed by atoms with Crippen molar-refractivity contribution < 1.29 is 0 Å². The summed E-state index contributed by atoms with van der Waals surface area (Å²) in [6, 6.07) is 0.341. The van der Waals surface area contributed by atoms with Gasteiger partial charge in [-0.15, -0.1) is 24.8 Å². The Labute approximate surface area is 81.9 Å². The lowest BCUT2D eigenvalue weighted by Crippen LogP contribution is -2.26. The van der Waals surface area contributed by atoms with Crippen molar-refractivity contribution in [3.05, 3.63) is 0 Å². The fraction of sp³-hybridized carbons (Fsp3) is 1.00. The summed E-state index contributed by atoms with van der Waals surface area (Å²) in [5, 5.41) is 0. The predicted octanol–water partition coefficient (Wildman–Crippen LogP) is 1.55. The van der Waals surface area contributed by atoms with Crippen molar-refractivity contribution in [2.24, 2.45) is 17.4 Å². The first-order valence-electron chi connectivity index (χ1n) is 3.64. The molecule has 0 aromatic heterocycles. The van der Waals surface area contributed by atoms with Crippen LogP contribution in [0.1, 0.15) is 26.7 Å². The minimum absolute atomic E-state index is 0. The molecule has 0 heterocycles. The standard InChI is InChI=1S/C7H18N2.2ClH/c1-6(2)7(9)4-3-5-8;;/h6-7H,3-5,8-9H2,1-2H3;2*1H. The first kappa shape index (κ1) is 17.5. The lowest BCUT2D eigenvalue weighted by molar-refractivity contribution is 0.454. The van der Waals surface area contributed by atoms with E-state index < -0.39 is 0 Å².